The number of benzene rings is 1. The molecule has 7 nitrogen and oxygen atoms in total. The van der Waals surface area contributed by atoms with Crippen molar-refractivity contribution in [1.82, 2.24) is 19.4 Å². The van der Waals surface area contributed by atoms with Crippen molar-refractivity contribution in [3.63, 3.8) is 0 Å². The summed E-state index contributed by atoms with van der Waals surface area (Å²) in [6.07, 6.45) is 1.76. The van der Waals surface area contributed by atoms with Gasteiger partial charge in [-0.05, 0) is 25.1 Å². The molecule has 2 heterocycles. The van der Waals surface area contributed by atoms with Gasteiger partial charge in [0.1, 0.15) is 5.69 Å². The molecule has 24 heavy (non-hydrogen) atoms. The van der Waals surface area contributed by atoms with Crippen molar-refractivity contribution < 1.29 is 9.53 Å². The molecule has 126 valence electrons. The Morgan fingerprint density at radius 2 is 2.12 bits per heavy atom. The van der Waals surface area contributed by atoms with Crippen molar-refractivity contribution in [2.24, 2.45) is 14.1 Å². The molecule has 3 aromatic rings. The molecular formula is C17H21N5O2. The number of nitrogens with one attached hydrogen (secondary N) is 1. The number of methoxy groups -OCH3 is 1. The van der Waals surface area contributed by atoms with E-state index in [0.29, 0.717) is 29.4 Å². The average Bonchev–Trinajstić information content (AvgIpc) is 3.04. The highest BCUT2D eigenvalue weighted by atomic mass is 16.5. The van der Waals surface area contributed by atoms with Crippen molar-refractivity contribution in [2.45, 2.75) is 6.92 Å². The zero-order valence-electron chi connectivity index (χ0n) is 14.3. The number of hydrogen-bond acceptors (Lipinski definition) is 4. The highest BCUT2D eigenvalue weighted by Gasteiger charge is 2.24. The van der Waals surface area contributed by atoms with Gasteiger partial charge >= 0.3 is 0 Å². The first-order valence-electron chi connectivity index (χ1n) is 7.71. The Hall–Kier alpha value is -2.96. The van der Waals surface area contributed by atoms with Crippen LogP contribution in [0.25, 0.3) is 22.6 Å². The van der Waals surface area contributed by atoms with Gasteiger partial charge in [0, 0.05) is 32.5 Å². The number of fused-ring (bicyclic) bond motifs is 1. The SMILES string of the molecule is CCNC(=O)c1cn(C)c(-c2nc3cc(N)ccc3n2C)c1OC. The van der Waals surface area contributed by atoms with E-state index < -0.39 is 0 Å². The van der Waals surface area contributed by atoms with Crippen LogP contribution in [0.4, 0.5) is 5.69 Å². The van der Waals surface area contributed by atoms with Gasteiger partial charge in [-0.15, -0.1) is 0 Å². The first-order chi connectivity index (χ1) is 11.5. The van der Waals surface area contributed by atoms with Gasteiger partial charge in [-0.3, -0.25) is 4.79 Å². The Kier molecular flexibility index (Phi) is 3.92. The second kappa shape index (κ2) is 5.92. The Morgan fingerprint density at radius 1 is 1.38 bits per heavy atom. The van der Waals surface area contributed by atoms with Gasteiger partial charge in [-0.1, -0.05) is 0 Å². The van der Waals surface area contributed by atoms with Gasteiger partial charge in [-0.2, -0.15) is 0 Å². The molecule has 0 fully saturated rings. The fourth-order valence-electron chi connectivity index (χ4n) is 2.92. The van der Waals surface area contributed by atoms with Crippen molar-refractivity contribution in [3.05, 3.63) is 30.0 Å². The topological polar surface area (TPSA) is 87.1 Å². The Bertz CT molecular complexity index is 923. The molecule has 3 N–H and O–H groups in total. The normalized spacial score (nSPS) is 11.0. The lowest BCUT2D eigenvalue weighted by Crippen LogP contribution is -2.22. The van der Waals surface area contributed by atoms with E-state index >= 15 is 0 Å². The van der Waals surface area contributed by atoms with Gasteiger partial charge in [0.25, 0.3) is 5.91 Å². The molecule has 0 spiro atoms. The third-order valence-electron chi connectivity index (χ3n) is 4.04. The number of aryl methyl sites for hydroxylation is 2. The summed E-state index contributed by atoms with van der Waals surface area (Å²) in [6.45, 7) is 2.43. The van der Waals surface area contributed by atoms with Gasteiger partial charge < -0.3 is 24.9 Å². The Morgan fingerprint density at radius 3 is 2.79 bits per heavy atom. The van der Waals surface area contributed by atoms with E-state index in [-0.39, 0.29) is 5.91 Å². The summed E-state index contributed by atoms with van der Waals surface area (Å²) in [5.74, 6) is 1.06. The first kappa shape index (κ1) is 15.9. The lowest BCUT2D eigenvalue weighted by molar-refractivity contribution is 0.0953. The third-order valence-corrected chi connectivity index (χ3v) is 4.04. The number of nitrogen functional groups attached to an aromatic ring is 1. The van der Waals surface area contributed by atoms with Crippen LogP contribution < -0.4 is 15.8 Å². The largest absolute Gasteiger partial charge is 0.494 e. The fraction of sp³-hybridized carbons (Fsp3) is 0.294. The van der Waals surface area contributed by atoms with E-state index in [1.807, 2.05) is 48.4 Å². The molecule has 0 atom stereocenters. The molecule has 2 aromatic heterocycles. The second-order valence-electron chi connectivity index (χ2n) is 5.64. The predicted octanol–water partition coefficient (Wildman–Crippen LogP) is 1.92. The maximum Gasteiger partial charge on any atom is 0.256 e. The van der Waals surface area contributed by atoms with E-state index in [0.717, 1.165) is 16.7 Å². The number of ether oxygens (including phenoxy) is 1. The van der Waals surface area contributed by atoms with E-state index in [2.05, 4.69) is 10.3 Å². The number of rotatable bonds is 4. The quantitative estimate of drug-likeness (QED) is 0.717. The number of imidazole rings is 1. The van der Waals surface area contributed by atoms with Crippen LogP contribution in [0.15, 0.2) is 24.4 Å². The summed E-state index contributed by atoms with van der Waals surface area (Å²) < 4.78 is 9.36. The smallest absolute Gasteiger partial charge is 0.256 e. The van der Waals surface area contributed by atoms with Crippen LogP contribution in [0.2, 0.25) is 0 Å². The minimum Gasteiger partial charge on any atom is -0.494 e. The van der Waals surface area contributed by atoms with Crippen molar-refractivity contribution in [1.29, 1.82) is 0 Å². The van der Waals surface area contributed by atoms with Crippen molar-refractivity contribution in [2.75, 3.05) is 19.4 Å². The lowest BCUT2D eigenvalue weighted by Gasteiger charge is -2.08. The van der Waals surface area contributed by atoms with Crippen LogP contribution in [0, 0.1) is 0 Å². The molecular weight excluding hydrogens is 306 g/mol. The predicted molar refractivity (Wildman–Crippen MR) is 94.1 cm³/mol. The zero-order valence-corrected chi connectivity index (χ0v) is 14.3. The lowest BCUT2D eigenvalue weighted by atomic mass is 10.2. The number of aromatic nitrogens is 3. The number of nitrogens with two attached hydrogens (primary N) is 1. The average molecular weight is 327 g/mol. The zero-order chi connectivity index (χ0) is 17.4. The van der Waals surface area contributed by atoms with Crippen molar-refractivity contribution >= 4 is 22.6 Å². The summed E-state index contributed by atoms with van der Waals surface area (Å²) >= 11 is 0. The highest BCUT2D eigenvalue weighted by Crippen LogP contribution is 2.35. The van der Waals surface area contributed by atoms with Crippen LogP contribution in [-0.4, -0.2) is 33.7 Å². The molecule has 7 heteroatoms. The molecule has 1 amide bonds. The molecule has 0 aliphatic heterocycles. The van der Waals surface area contributed by atoms with Crippen LogP contribution in [0.3, 0.4) is 0 Å². The van der Waals surface area contributed by atoms with E-state index in [1.165, 1.54) is 0 Å². The second-order valence-corrected chi connectivity index (χ2v) is 5.64. The molecule has 0 saturated heterocycles. The number of hydrogen-bond donors (Lipinski definition) is 2. The molecule has 3 rings (SSSR count). The van der Waals surface area contributed by atoms with E-state index in [9.17, 15) is 4.79 Å². The standard InChI is InChI=1S/C17H21N5O2/c1-5-19-17(23)11-9-21(2)14(15(11)24-4)16-20-12-8-10(18)6-7-13(12)22(16)3/h6-9H,5,18H2,1-4H3,(H,19,23). The number of amides is 1. The van der Waals surface area contributed by atoms with Crippen LogP contribution >= 0.6 is 0 Å². The fourth-order valence-corrected chi connectivity index (χ4v) is 2.92. The summed E-state index contributed by atoms with van der Waals surface area (Å²) in [6, 6.07) is 5.61. The number of carbonyl (C=O) groups excluding carboxylic acids is 1. The molecule has 0 aliphatic rings. The summed E-state index contributed by atoms with van der Waals surface area (Å²) in [4.78, 5) is 17.0. The molecule has 0 unspecified atom stereocenters. The molecule has 0 aliphatic carbocycles. The van der Waals surface area contributed by atoms with Gasteiger partial charge in [0.2, 0.25) is 0 Å². The summed E-state index contributed by atoms with van der Waals surface area (Å²) in [5.41, 5.74) is 9.51. The number of anilines is 1. The summed E-state index contributed by atoms with van der Waals surface area (Å²) in [5, 5.41) is 2.80. The third kappa shape index (κ3) is 2.38. The van der Waals surface area contributed by atoms with E-state index in [4.69, 9.17) is 10.5 Å². The Balaban J connectivity index is 2.23. The Labute approximate surface area is 140 Å². The maximum absolute atomic E-state index is 12.3. The van der Waals surface area contributed by atoms with Crippen LogP contribution in [0.1, 0.15) is 17.3 Å². The number of carbonyl (C=O) groups is 1. The van der Waals surface area contributed by atoms with Crippen LogP contribution in [-0.2, 0) is 14.1 Å². The molecule has 0 radical (unpaired) electrons. The van der Waals surface area contributed by atoms with Crippen LogP contribution in [0.5, 0.6) is 5.75 Å². The summed E-state index contributed by atoms with van der Waals surface area (Å²) in [7, 11) is 5.36. The maximum atomic E-state index is 12.3. The molecule has 0 saturated carbocycles. The number of nitrogens with zero attached hydrogens (tertiary/aromatic N) is 3. The monoisotopic (exact) mass is 327 g/mol. The minimum atomic E-state index is -0.167. The van der Waals surface area contributed by atoms with Crippen molar-refractivity contribution in [3.8, 4) is 17.3 Å². The van der Waals surface area contributed by atoms with Gasteiger partial charge in [-0.25, -0.2) is 4.98 Å². The minimum absolute atomic E-state index is 0.167. The van der Waals surface area contributed by atoms with Gasteiger partial charge in [0.05, 0.1) is 23.7 Å². The van der Waals surface area contributed by atoms with E-state index in [1.54, 1.807) is 13.3 Å². The molecule has 0 bridgehead atoms. The molecule has 1 aromatic carbocycles. The highest BCUT2D eigenvalue weighted by molar-refractivity contribution is 5.99. The van der Waals surface area contributed by atoms with Gasteiger partial charge in [0.15, 0.2) is 11.6 Å². The first-order valence-corrected chi connectivity index (χ1v) is 7.71.